The van der Waals surface area contributed by atoms with E-state index >= 15 is 0 Å². The van der Waals surface area contributed by atoms with Gasteiger partial charge < -0.3 is 9.64 Å². The number of fused-ring (bicyclic) bond motifs is 2. The maximum atomic E-state index is 12.9. The first-order chi connectivity index (χ1) is 12.6. The van der Waals surface area contributed by atoms with E-state index in [-0.39, 0.29) is 11.9 Å². The number of rotatable bonds is 3. The topological polar surface area (TPSA) is 66.9 Å². The SMILES string of the molecule is CCOC(=O)c1ccc(N2C(=O)[C@@H]3Cc4ccccc4CN3C2=O)cc1. The summed E-state index contributed by atoms with van der Waals surface area (Å²) in [7, 11) is 0. The van der Waals surface area contributed by atoms with Crippen molar-refractivity contribution in [2.75, 3.05) is 11.5 Å². The van der Waals surface area contributed by atoms with Gasteiger partial charge in [-0.2, -0.15) is 0 Å². The van der Waals surface area contributed by atoms with Gasteiger partial charge in [-0.15, -0.1) is 0 Å². The van der Waals surface area contributed by atoms with Crippen molar-refractivity contribution >= 4 is 23.6 Å². The first-order valence-electron chi connectivity index (χ1n) is 8.58. The molecule has 2 aliphatic rings. The number of carbonyl (C=O) groups excluding carboxylic acids is 3. The van der Waals surface area contributed by atoms with E-state index in [4.69, 9.17) is 4.74 Å². The second-order valence-corrected chi connectivity index (χ2v) is 6.34. The standard InChI is InChI=1S/C20H18N2O4/c1-2-26-19(24)13-7-9-16(10-8-13)22-18(23)17-11-14-5-3-4-6-15(14)12-21(17)20(22)25/h3-10,17H,2,11-12H2,1H3/t17-/m0/s1. The van der Waals surface area contributed by atoms with Crippen LogP contribution < -0.4 is 4.90 Å². The zero-order valence-electron chi connectivity index (χ0n) is 14.3. The van der Waals surface area contributed by atoms with Crippen LogP contribution in [0.15, 0.2) is 48.5 Å². The normalized spacial score (nSPS) is 18.6. The number of urea groups is 1. The van der Waals surface area contributed by atoms with Gasteiger partial charge in [0.1, 0.15) is 6.04 Å². The van der Waals surface area contributed by atoms with E-state index in [9.17, 15) is 14.4 Å². The molecule has 0 radical (unpaired) electrons. The molecule has 0 aromatic heterocycles. The van der Waals surface area contributed by atoms with Crippen LogP contribution in [-0.4, -0.2) is 35.5 Å². The number of carbonyl (C=O) groups is 3. The minimum absolute atomic E-state index is 0.228. The van der Waals surface area contributed by atoms with Crippen molar-refractivity contribution in [3.05, 3.63) is 65.2 Å². The van der Waals surface area contributed by atoms with Crippen LogP contribution in [0.25, 0.3) is 0 Å². The number of esters is 1. The quantitative estimate of drug-likeness (QED) is 0.631. The molecule has 2 aliphatic heterocycles. The summed E-state index contributed by atoms with van der Waals surface area (Å²) >= 11 is 0. The zero-order chi connectivity index (χ0) is 18.3. The van der Waals surface area contributed by atoms with Gasteiger partial charge >= 0.3 is 12.0 Å². The van der Waals surface area contributed by atoms with Crippen LogP contribution in [0.2, 0.25) is 0 Å². The average molecular weight is 350 g/mol. The second-order valence-electron chi connectivity index (χ2n) is 6.34. The van der Waals surface area contributed by atoms with Crippen molar-refractivity contribution < 1.29 is 19.1 Å². The maximum absolute atomic E-state index is 12.9. The number of ether oxygens (including phenoxy) is 1. The molecule has 0 saturated carbocycles. The number of hydrogen-bond donors (Lipinski definition) is 0. The monoisotopic (exact) mass is 350 g/mol. The molecular weight excluding hydrogens is 332 g/mol. The lowest BCUT2D eigenvalue weighted by molar-refractivity contribution is -0.120. The number of benzene rings is 2. The first-order valence-corrected chi connectivity index (χ1v) is 8.58. The lowest BCUT2D eigenvalue weighted by atomic mass is 9.95. The number of anilines is 1. The van der Waals surface area contributed by atoms with Crippen molar-refractivity contribution in [3.8, 4) is 0 Å². The van der Waals surface area contributed by atoms with E-state index in [1.807, 2.05) is 24.3 Å². The fourth-order valence-electron chi connectivity index (χ4n) is 3.52. The highest BCUT2D eigenvalue weighted by atomic mass is 16.5. The summed E-state index contributed by atoms with van der Waals surface area (Å²) in [5.74, 6) is -0.653. The Labute approximate surface area is 151 Å². The third kappa shape index (κ3) is 2.54. The molecule has 2 heterocycles. The highest BCUT2D eigenvalue weighted by molar-refractivity contribution is 6.21. The second kappa shape index (κ2) is 6.29. The maximum Gasteiger partial charge on any atom is 0.338 e. The molecule has 2 aromatic rings. The smallest absolute Gasteiger partial charge is 0.338 e. The van der Waals surface area contributed by atoms with E-state index < -0.39 is 12.0 Å². The van der Waals surface area contributed by atoms with Gasteiger partial charge in [0, 0.05) is 13.0 Å². The van der Waals surface area contributed by atoms with E-state index in [2.05, 4.69) is 0 Å². The minimum Gasteiger partial charge on any atom is -0.462 e. The van der Waals surface area contributed by atoms with Gasteiger partial charge in [-0.05, 0) is 42.3 Å². The zero-order valence-corrected chi connectivity index (χ0v) is 14.3. The van der Waals surface area contributed by atoms with Crippen molar-refractivity contribution in [1.82, 2.24) is 4.90 Å². The highest BCUT2D eigenvalue weighted by Crippen LogP contribution is 2.32. The summed E-state index contributed by atoms with van der Waals surface area (Å²) in [6.07, 6.45) is 0.526. The lowest BCUT2D eigenvalue weighted by Gasteiger charge is -2.28. The van der Waals surface area contributed by atoms with Crippen molar-refractivity contribution in [2.24, 2.45) is 0 Å². The number of amides is 3. The first kappa shape index (κ1) is 16.3. The number of hydrogen-bond acceptors (Lipinski definition) is 4. The molecule has 3 amide bonds. The van der Waals surface area contributed by atoms with Crippen molar-refractivity contribution in [2.45, 2.75) is 25.9 Å². The van der Waals surface area contributed by atoms with E-state index in [1.165, 1.54) is 4.90 Å². The van der Waals surface area contributed by atoms with Crippen LogP contribution in [0.4, 0.5) is 10.5 Å². The Kier molecular flexibility index (Phi) is 3.95. The van der Waals surface area contributed by atoms with Gasteiger partial charge in [-0.3, -0.25) is 4.79 Å². The Balaban J connectivity index is 1.60. The summed E-state index contributed by atoms with van der Waals surface area (Å²) in [6.45, 7) is 2.46. The predicted octanol–water partition coefficient (Wildman–Crippen LogP) is 2.76. The molecule has 26 heavy (non-hydrogen) atoms. The van der Waals surface area contributed by atoms with Crippen LogP contribution in [-0.2, 0) is 22.5 Å². The molecule has 2 aromatic carbocycles. The van der Waals surface area contributed by atoms with Gasteiger partial charge in [0.15, 0.2) is 0 Å². The fraction of sp³-hybridized carbons (Fsp3) is 0.250. The summed E-state index contributed by atoms with van der Waals surface area (Å²) in [5.41, 5.74) is 3.03. The summed E-state index contributed by atoms with van der Waals surface area (Å²) in [5, 5.41) is 0. The largest absolute Gasteiger partial charge is 0.462 e. The number of nitrogens with zero attached hydrogens (tertiary/aromatic N) is 2. The summed E-state index contributed by atoms with van der Waals surface area (Å²) in [6, 6.07) is 13.4. The minimum atomic E-state index is -0.470. The summed E-state index contributed by atoms with van der Waals surface area (Å²) < 4.78 is 4.95. The Morgan fingerprint density at radius 2 is 1.77 bits per heavy atom. The molecular formula is C20H18N2O4. The Hall–Kier alpha value is -3.15. The highest BCUT2D eigenvalue weighted by Gasteiger charge is 2.47. The average Bonchev–Trinajstić information content (AvgIpc) is 2.90. The van der Waals surface area contributed by atoms with Crippen LogP contribution >= 0.6 is 0 Å². The van der Waals surface area contributed by atoms with Crippen LogP contribution in [0.1, 0.15) is 28.4 Å². The van der Waals surface area contributed by atoms with Gasteiger partial charge in [-0.25, -0.2) is 14.5 Å². The molecule has 1 fully saturated rings. The van der Waals surface area contributed by atoms with Crippen LogP contribution in [0.5, 0.6) is 0 Å². The Morgan fingerprint density at radius 1 is 1.08 bits per heavy atom. The Morgan fingerprint density at radius 3 is 2.46 bits per heavy atom. The van der Waals surface area contributed by atoms with E-state index in [0.29, 0.717) is 30.8 Å². The molecule has 0 unspecified atom stereocenters. The molecule has 6 heteroatoms. The van der Waals surface area contributed by atoms with Crippen molar-refractivity contribution in [3.63, 3.8) is 0 Å². The molecule has 0 spiro atoms. The van der Waals surface area contributed by atoms with Gasteiger partial charge in [0.25, 0.3) is 5.91 Å². The molecule has 0 aliphatic carbocycles. The number of imide groups is 1. The molecule has 1 saturated heterocycles. The molecule has 0 N–H and O–H groups in total. The molecule has 0 bridgehead atoms. The van der Waals surface area contributed by atoms with Gasteiger partial charge in [0.2, 0.25) is 0 Å². The van der Waals surface area contributed by atoms with Crippen LogP contribution in [0, 0.1) is 0 Å². The molecule has 6 nitrogen and oxygen atoms in total. The van der Waals surface area contributed by atoms with Crippen LogP contribution in [0.3, 0.4) is 0 Å². The van der Waals surface area contributed by atoms with Gasteiger partial charge in [-0.1, -0.05) is 24.3 Å². The van der Waals surface area contributed by atoms with E-state index in [1.54, 1.807) is 36.1 Å². The third-order valence-electron chi connectivity index (χ3n) is 4.83. The van der Waals surface area contributed by atoms with Crippen molar-refractivity contribution in [1.29, 1.82) is 0 Å². The molecule has 1 atom stereocenters. The third-order valence-corrected chi connectivity index (χ3v) is 4.83. The molecule has 4 rings (SSSR count). The lowest BCUT2D eigenvalue weighted by Crippen LogP contribution is -2.39. The predicted molar refractivity (Wildman–Crippen MR) is 94.8 cm³/mol. The fourth-order valence-corrected chi connectivity index (χ4v) is 3.52. The summed E-state index contributed by atoms with van der Waals surface area (Å²) in [4.78, 5) is 40.2. The van der Waals surface area contributed by atoms with Gasteiger partial charge in [0.05, 0.1) is 17.9 Å². The molecule has 132 valence electrons. The van der Waals surface area contributed by atoms with E-state index in [0.717, 1.165) is 11.1 Å². The Bertz CT molecular complexity index is 848.